The summed E-state index contributed by atoms with van der Waals surface area (Å²) in [6.45, 7) is 3.36. The molecular weight excluding hydrogens is 363 g/mol. The molecule has 1 aromatic rings. The number of halogens is 1. The van der Waals surface area contributed by atoms with Crippen molar-refractivity contribution in [3.63, 3.8) is 0 Å². The van der Waals surface area contributed by atoms with E-state index in [2.05, 4.69) is 52.2 Å². The molecule has 0 fully saturated rings. The highest BCUT2D eigenvalue weighted by Gasteiger charge is 2.03. The Bertz CT molecular complexity index is 392. The van der Waals surface area contributed by atoms with Crippen LogP contribution in [-0.2, 0) is 11.2 Å². The second-order valence-corrected chi connectivity index (χ2v) is 6.58. The molecule has 112 valence electrons. The van der Waals surface area contributed by atoms with Gasteiger partial charge >= 0.3 is 0 Å². The SMILES string of the molecule is CC(CN)CNC(=O)CCCCCc1ccc(I)cc1. The van der Waals surface area contributed by atoms with Crippen LogP contribution in [0.5, 0.6) is 0 Å². The quantitative estimate of drug-likeness (QED) is 0.505. The number of amides is 1. The van der Waals surface area contributed by atoms with Gasteiger partial charge < -0.3 is 11.1 Å². The molecule has 1 aromatic carbocycles. The lowest BCUT2D eigenvalue weighted by atomic mass is 10.1. The number of benzene rings is 1. The summed E-state index contributed by atoms with van der Waals surface area (Å²) in [5.74, 6) is 0.513. The van der Waals surface area contributed by atoms with Gasteiger partial charge in [0.25, 0.3) is 0 Å². The zero-order chi connectivity index (χ0) is 14.8. The van der Waals surface area contributed by atoms with Crippen LogP contribution < -0.4 is 11.1 Å². The maximum Gasteiger partial charge on any atom is 0.220 e. The molecule has 4 heteroatoms. The largest absolute Gasteiger partial charge is 0.356 e. The molecule has 3 N–H and O–H groups in total. The number of nitrogens with two attached hydrogens (primary N) is 1. The molecule has 0 saturated heterocycles. The van der Waals surface area contributed by atoms with Crippen molar-refractivity contribution >= 4 is 28.5 Å². The van der Waals surface area contributed by atoms with Crippen LogP contribution in [0.25, 0.3) is 0 Å². The van der Waals surface area contributed by atoms with Crippen LogP contribution in [-0.4, -0.2) is 19.0 Å². The number of carbonyl (C=O) groups is 1. The fourth-order valence-corrected chi connectivity index (χ4v) is 2.26. The van der Waals surface area contributed by atoms with E-state index in [-0.39, 0.29) is 5.91 Å². The van der Waals surface area contributed by atoms with Crippen LogP contribution >= 0.6 is 22.6 Å². The number of aryl methyl sites for hydroxylation is 1. The third kappa shape index (κ3) is 7.85. The van der Waals surface area contributed by atoms with E-state index in [1.165, 1.54) is 9.13 Å². The first-order chi connectivity index (χ1) is 9.61. The summed E-state index contributed by atoms with van der Waals surface area (Å²) in [7, 11) is 0. The van der Waals surface area contributed by atoms with E-state index in [1.807, 2.05) is 6.92 Å². The molecule has 0 radical (unpaired) electrons. The molecule has 0 bridgehead atoms. The highest BCUT2D eigenvalue weighted by atomic mass is 127. The summed E-state index contributed by atoms with van der Waals surface area (Å²) in [6.07, 6.45) is 4.94. The van der Waals surface area contributed by atoms with Gasteiger partial charge in [-0.3, -0.25) is 4.79 Å². The summed E-state index contributed by atoms with van der Waals surface area (Å²) in [4.78, 5) is 11.6. The summed E-state index contributed by atoms with van der Waals surface area (Å²) in [6, 6.07) is 8.65. The lowest BCUT2D eigenvalue weighted by molar-refractivity contribution is -0.121. The lowest BCUT2D eigenvalue weighted by Crippen LogP contribution is -2.31. The van der Waals surface area contributed by atoms with Crippen molar-refractivity contribution in [2.24, 2.45) is 11.7 Å². The second-order valence-electron chi connectivity index (χ2n) is 5.33. The van der Waals surface area contributed by atoms with Gasteiger partial charge in [0.2, 0.25) is 5.91 Å². The Morgan fingerprint density at radius 3 is 2.60 bits per heavy atom. The molecule has 1 rings (SSSR count). The number of rotatable bonds is 9. The molecule has 1 unspecified atom stereocenters. The number of nitrogens with one attached hydrogen (secondary N) is 1. The summed E-state index contributed by atoms with van der Waals surface area (Å²) < 4.78 is 1.27. The first kappa shape index (κ1) is 17.4. The molecule has 1 atom stereocenters. The van der Waals surface area contributed by atoms with Gasteiger partial charge in [0.05, 0.1) is 0 Å². The summed E-state index contributed by atoms with van der Waals surface area (Å²) in [5.41, 5.74) is 6.89. The molecule has 0 aliphatic rings. The standard InChI is InChI=1S/C16H25IN2O/c1-13(11-18)12-19-16(20)6-4-2-3-5-14-7-9-15(17)10-8-14/h7-10,13H,2-6,11-12,18H2,1H3,(H,19,20). The molecule has 0 saturated carbocycles. The Morgan fingerprint density at radius 1 is 1.25 bits per heavy atom. The maximum absolute atomic E-state index is 11.6. The van der Waals surface area contributed by atoms with E-state index in [0.717, 1.165) is 25.7 Å². The Kier molecular flexibility index (Phi) is 8.85. The third-order valence-corrected chi connectivity index (χ3v) is 4.05. The predicted octanol–water partition coefficient (Wildman–Crippen LogP) is 3.11. The number of hydrogen-bond acceptors (Lipinski definition) is 2. The van der Waals surface area contributed by atoms with Gasteiger partial charge in [-0.1, -0.05) is 25.5 Å². The molecule has 1 amide bonds. The van der Waals surface area contributed by atoms with E-state index < -0.39 is 0 Å². The van der Waals surface area contributed by atoms with Gasteiger partial charge in [0.1, 0.15) is 0 Å². The highest BCUT2D eigenvalue weighted by Crippen LogP contribution is 2.11. The van der Waals surface area contributed by atoms with Gasteiger partial charge in [-0.05, 0) is 72.0 Å². The average Bonchev–Trinajstić information content (AvgIpc) is 2.46. The van der Waals surface area contributed by atoms with Crippen LogP contribution in [0.1, 0.15) is 38.2 Å². The zero-order valence-electron chi connectivity index (χ0n) is 12.2. The minimum absolute atomic E-state index is 0.152. The summed E-state index contributed by atoms with van der Waals surface area (Å²) >= 11 is 2.32. The molecule has 3 nitrogen and oxygen atoms in total. The predicted molar refractivity (Wildman–Crippen MR) is 92.6 cm³/mol. The van der Waals surface area contributed by atoms with Gasteiger partial charge in [-0.15, -0.1) is 0 Å². The second kappa shape index (κ2) is 10.2. The number of hydrogen-bond donors (Lipinski definition) is 2. The van der Waals surface area contributed by atoms with Crippen molar-refractivity contribution in [2.45, 2.75) is 39.0 Å². The van der Waals surface area contributed by atoms with Gasteiger partial charge in [-0.2, -0.15) is 0 Å². The first-order valence-corrected chi connectivity index (χ1v) is 8.41. The van der Waals surface area contributed by atoms with Crippen molar-refractivity contribution in [1.29, 1.82) is 0 Å². The van der Waals surface area contributed by atoms with Crippen molar-refractivity contribution in [2.75, 3.05) is 13.1 Å². The number of unbranched alkanes of at least 4 members (excludes halogenated alkanes) is 2. The molecule has 0 aromatic heterocycles. The monoisotopic (exact) mass is 388 g/mol. The van der Waals surface area contributed by atoms with Gasteiger partial charge in [0, 0.05) is 16.5 Å². The zero-order valence-corrected chi connectivity index (χ0v) is 14.4. The van der Waals surface area contributed by atoms with Crippen molar-refractivity contribution in [3.8, 4) is 0 Å². The van der Waals surface area contributed by atoms with Crippen LogP contribution in [0.3, 0.4) is 0 Å². The van der Waals surface area contributed by atoms with E-state index in [0.29, 0.717) is 25.4 Å². The molecular formula is C16H25IN2O. The molecule has 20 heavy (non-hydrogen) atoms. The van der Waals surface area contributed by atoms with E-state index >= 15 is 0 Å². The van der Waals surface area contributed by atoms with E-state index in [4.69, 9.17) is 5.73 Å². The fraction of sp³-hybridized carbons (Fsp3) is 0.562. The molecule has 0 aliphatic carbocycles. The minimum Gasteiger partial charge on any atom is -0.356 e. The Hall–Kier alpha value is -0.620. The molecule has 0 heterocycles. The Balaban J connectivity index is 2.04. The Labute approximate surface area is 135 Å². The topological polar surface area (TPSA) is 55.1 Å². The number of carbonyl (C=O) groups excluding carboxylic acids is 1. The fourth-order valence-electron chi connectivity index (χ4n) is 1.90. The lowest BCUT2D eigenvalue weighted by Gasteiger charge is -2.09. The van der Waals surface area contributed by atoms with Crippen molar-refractivity contribution in [1.82, 2.24) is 5.32 Å². The van der Waals surface area contributed by atoms with Crippen LogP contribution in [0.2, 0.25) is 0 Å². The van der Waals surface area contributed by atoms with Crippen molar-refractivity contribution < 1.29 is 4.79 Å². The molecule has 0 spiro atoms. The minimum atomic E-state index is 0.152. The van der Waals surface area contributed by atoms with Gasteiger partial charge in [-0.25, -0.2) is 0 Å². The van der Waals surface area contributed by atoms with Crippen LogP contribution in [0, 0.1) is 9.49 Å². The molecule has 0 aliphatic heterocycles. The van der Waals surface area contributed by atoms with E-state index in [9.17, 15) is 4.79 Å². The van der Waals surface area contributed by atoms with Crippen LogP contribution in [0.4, 0.5) is 0 Å². The van der Waals surface area contributed by atoms with Crippen molar-refractivity contribution in [3.05, 3.63) is 33.4 Å². The van der Waals surface area contributed by atoms with Crippen LogP contribution in [0.15, 0.2) is 24.3 Å². The summed E-state index contributed by atoms with van der Waals surface area (Å²) in [5, 5.41) is 2.93. The first-order valence-electron chi connectivity index (χ1n) is 7.33. The Morgan fingerprint density at radius 2 is 1.95 bits per heavy atom. The maximum atomic E-state index is 11.6. The average molecular weight is 388 g/mol. The highest BCUT2D eigenvalue weighted by molar-refractivity contribution is 14.1. The smallest absolute Gasteiger partial charge is 0.220 e. The third-order valence-electron chi connectivity index (χ3n) is 3.33. The van der Waals surface area contributed by atoms with Gasteiger partial charge in [0.15, 0.2) is 0 Å². The normalized spacial score (nSPS) is 12.2. The van der Waals surface area contributed by atoms with E-state index in [1.54, 1.807) is 0 Å².